The molecule has 0 bridgehead atoms. The van der Waals surface area contributed by atoms with Crippen molar-refractivity contribution >= 4 is 17.4 Å². The van der Waals surface area contributed by atoms with Crippen molar-refractivity contribution < 1.29 is 9.96 Å². The minimum absolute atomic E-state index is 0. The number of hydrogen-bond donors (Lipinski definition) is 0. The largest absolute Gasteiger partial charge is 3.00 e. The van der Waals surface area contributed by atoms with Gasteiger partial charge in [0.05, 0.1) is 26.2 Å². The van der Waals surface area contributed by atoms with Crippen molar-refractivity contribution in [1.29, 1.82) is 0 Å². The quantitative estimate of drug-likeness (QED) is 0.467. The van der Waals surface area contributed by atoms with E-state index in [9.17, 15) is 0 Å². The topological polar surface area (TPSA) is 30.0 Å². The monoisotopic (exact) mass is 174 g/mol. The molecule has 1 N–H and O–H groups in total. The van der Waals surface area contributed by atoms with Crippen molar-refractivity contribution in [3.63, 3.8) is 0 Å². The van der Waals surface area contributed by atoms with Crippen LogP contribution in [0, 0.1) is 0 Å². The first kappa shape index (κ1) is 17.5. The van der Waals surface area contributed by atoms with Crippen molar-refractivity contribution in [1.82, 2.24) is 0 Å². The Morgan fingerprint density at radius 3 is 0.909 bits per heavy atom. The van der Waals surface area contributed by atoms with E-state index in [-0.39, 0.29) is 22.8 Å². The van der Waals surface area contributed by atoms with Gasteiger partial charge >= 0.3 is 17.4 Å². The van der Waals surface area contributed by atoms with E-state index in [0.29, 0.717) is 0 Å². The molecule has 0 aliphatic carbocycles. The van der Waals surface area contributed by atoms with Gasteiger partial charge in [0.25, 0.3) is 0 Å². The summed E-state index contributed by atoms with van der Waals surface area (Å²) in [4.78, 5) is 0. The summed E-state index contributed by atoms with van der Waals surface area (Å²) in [5, 5.41) is 0. The second-order valence-corrected chi connectivity index (χ2v) is 2.61. The molecule has 0 aliphatic heterocycles. The van der Waals surface area contributed by atoms with Crippen molar-refractivity contribution in [3.8, 4) is 0 Å². The number of nitrogens with zero attached hydrogens (tertiary/aromatic N) is 1. The van der Waals surface area contributed by atoms with Gasteiger partial charge in [-0.25, -0.2) is 0 Å². The standard InChI is InChI=1S/C8H20N.Al.H2O/c1-5-9(6-2,7-3)8-4;;/h5-8H2,1-4H3;;1H2/q+1;+3;/p-1. The molecule has 0 spiro atoms. The third-order valence-corrected chi connectivity index (χ3v) is 2.68. The fraction of sp³-hybridized carbons (Fsp3) is 1.00. The van der Waals surface area contributed by atoms with E-state index < -0.39 is 0 Å². The third-order valence-electron chi connectivity index (χ3n) is 2.68. The van der Waals surface area contributed by atoms with Crippen LogP contribution < -0.4 is 0 Å². The van der Waals surface area contributed by atoms with Crippen molar-refractivity contribution in [3.05, 3.63) is 0 Å². The second kappa shape index (κ2) is 8.55. The minimum atomic E-state index is 0. The van der Waals surface area contributed by atoms with Crippen LogP contribution in [0.15, 0.2) is 0 Å². The van der Waals surface area contributed by atoms with Gasteiger partial charge in [0.15, 0.2) is 0 Å². The molecule has 0 rings (SSSR count). The van der Waals surface area contributed by atoms with Gasteiger partial charge in [0.1, 0.15) is 0 Å². The molecule has 0 amide bonds. The maximum Gasteiger partial charge on any atom is 3.00 e. The Kier molecular flexibility index (Phi) is 13.6. The molecule has 0 heterocycles. The van der Waals surface area contributed by atoms with Crippen molar-refractivity contribution in [2.24, 2.45) is 0 Å². The Morgan fingerprint density at radius 1 is 0.727 bits per heavy atom. The summed E-state index contributed by atoms with van der Waals surface area (Å²) in [7, 11) is 0. The molecule has 0 unspecified atom stereocenters. The van der Waals surface area contributed by atoms with Crippen molar-refractivity contribution in [2.45, 2.75) is 27.7 Å². The SMILES string of the molecule is CC[N+](CC)(CC)CC.[Al+3].[OH-]. The molecule has 64 valence electrons. The Labute approximate surface area is 81.6 Å². The second-order valence-electron chi connectivity index (χ2n) is 2.61. The Hall–Kier alpha value is 0.452. The zero-order valence-corrected chi connectivity index (χ0v) is 9.45. The summed E-state index contributed by atoms with van der Waals surface area (Å²) in [6, 6.07) is 0. The van der Waals surface area contributed by atoms with E-state index in [0.717, 1.165) is 0 Å². The average molecular weight is 174 g/mol. The predicted octanol–water partition coefficient (Wildman–Crippen LogP) is 1.33. The number of rotatable bonds is 4. The van der Waals surface area contributed by atoms with Gasteiger partial charge in [-0.15, -0.1) is 0 Å². The van der Waals surface area contributed by atoms with Crippen LogP contribution in [0.4, 0.5) is 0 Å². The summed E-state index contributed by atoms with van der Waals surface area (Å²) in [6.45, 7) is 14.2. The maximum atomic E-state index is 2.27. The molecule has 0 atom stereocenters. The Morgan fingerprint density at radius 2 is 0.909 bits per heavy atom. The average Bonchev–Trinajstić information content (AvgIpc) is 1.95. The van der Waals surface area contributed by atoms with Crippen LogP contribution in [0.5, 0.6) is 0 Å². The number of quaternary nitrogens is 1. The molecule has 0 aromatic carbocycles. The fourth-order valence-electron chi connectivity index (χ4n) is 1.34. The van der Waals surface area contributed by atoms with E-state index in [1.807, 2.05) is 0 Å². The van der Waals surface area contributed by atoms with Gasteiger partial charge in [-0.05, 0) is 27.7 Å². The van der Waals surface area contributed by atoms with Crippen LogP contribution in [0.1, 0.15) is 27.7 Å². The van der Waals surface area contributed by atoms with Crippen LogP contribution in [-0.2, 0) is 0 Å². The van der Waals surface area contributed by atoms with Crippen LogP contribution in [0.25, 0.3) is 0 Å². The molecule has 0 saturated carbocycles. The summed E-state index contributed by atoms with van der Waals surface area (Å²) in [5.41, 5.74) is 0. The third kappa shape index (κ3) is 4.82. The molecular weight excluding hydrogens is 153 g/mol. The van der Waals surface area contributed by atoms with E-state index in [4.69, 9.17) is 0 Å². The van der Waals surface area contributed by atoms with Gasteiger partial charge in [-0.2, -0.15) is 0 Å². The smallest absolute Gasteiger partial charge is 0.870 e. The van der Waals surface area contributed by atoms with Gasteiger partial charge < -0.3 is 9.96 Å². The van der Waals surface area contributed by atoms with Crippen molar-refractivity contribution in [2.75, 3.05) is 26.2 Å². The van der Waals surface area contributed by atoms with E-state index >= 15 is 0 Å². The molecule has 0 radical (unpaired) electrons. The Balaban J connectivity index is -0.000000320. The van der Waals surface area contributed by atoms with Crippen LogP contribution in [0.2, 0.25) is 0 Å². The molecule has 0 aliphatic rings. The van der Waals surface area contributed by atoms with Crippen LogP contribution in [0.3, 0.4) is 0 Å². The predicted molar refractivity (Wildman–Crippen MR) is 50.1 cm³/mol. The summed E-state index contributed by atoms with van der Waals surface area (Å²) < 4.78 is 1.28. The molecule has 2 nitrogen and oxygen atoms in total. The van der Waals surface area contributed by atoms with Crippen LogP contribution in [-0.4, -0.2) is 53.5 Å². The van der Waals surface area contributed by atoms with Gasteiger partial charge in [-0.1, -0.05) is 0 Å². The summed E-state index contributed by atoms with van der Waals surface area (Å²) in [5.74, 6) is 0. The van der Waals surface area contributed by atoms with Gasteiger partial charge in [0, 0.05) is 0 Å². The molecular formula is C8H21AlNO+3. The first-order valence-corrected chi connectivity index (χ1v) is 4.09. The summed E-state index contributed by atoms with van der Waals surface area (Å²) >= 11 is 0. The van der Waals surface area contributed by atoms with Gasteiger partial charge in [0.2, 0.25) is 0 Å². The molecule has 3 heteroatoms. The Bertz CT molecular complexity index is 57.0. The molecule has 0 aromatic heterocycles. The molecule has 0 aromatic rings. The van der Waals surface area contributed by atoms with Gasteiger partial charge in [-0.3, -0.25) is 0 Å². The zero-order valence-electron chi connectivity index (χ0n) is 8.30. The number of hydrogen-bond acceptors (Lipinski definition) is 1. The van der Waals surface area contributed by atoms with E-state index in [1.54, 1.807) is 0 Å². The zero-order chi connectivity index (χ0) is 7.33. The molecule has 0 saturated heterocycles. The van der Waals surface area contributed by atoms with Crippen LogP contribution >= 0.6 is 0 Å². The maximum absolute atomic E-state index is 2.27. The normalized spacial score (nSPS) is 9.82. The first-order valence-electron chi connectivity index (χ1n) is 4.09. The fourth-order valence-corrected chi connectivity index (χ4v) is 1.34. The minimum Gasteiger partial charge on any atom is -0.870 e. The van der Waals surface area contributed by atoms with E-state index in [2.05, 4.69) is 27.7 Å². The molecule has 0 fully saturated rings. The molecule has 11 heavy (non-hydrogen) atoms. The first-order chi connectivity index (χ1) is 4.24. The summed E-state index contributed by atoms with van der Waals surface area (Å²) in [6.07, 6.45) is 0. The van der Waals surface area contributed by atoms with E-state index in [1.165, 1.54) is 30.7 Å².